The minimum Gasteiger partial charge on any atom is -0.302 e. The van der Waals surface area contributed by atoms with Gasteiger partial charge in [-0.1, -0.05) is 42.5 Å². The van der Waals surface area contributed by atoms with E-state index < -0.39 is 0 Å². The molecule has 34 heavy (non-hydrogen) atoms. The largest absolute Gasteiger partial charge is 0.346 e. The zero-order chi connectivity index (χ0) is 23.7. The highest BCUT2D eigenvalue weighted by molar-refractivity contribution is 6.21. The number of hydrogen-bond acceptors (Lipinski definition) is 5. The average molecular weight is 460 g/mol. The Kier molecular flexibility index (Phi) is 6.15. The van der Waals surface area contributed by atoms with Crippen LogP contribution in [0, 0.1) is 0 Å². The molecule has 1 fully saturated rings. The number of nitrogens with zero attached hydrogens (tertiary/aromatic N) is 5. The topological polar surface area (TPSA) is 80.4 Å². The van der Waals surface area contributed by atoms with E-state index in [-0.39, 0.29) is 23.4 Å². The normalized spacial score (nSPS) is 16.9. The second kappa shape index (κ2) is 9.38. The Labute approximate surface area is 198 Å². The number of carbonyl (C=O) groups is 2. The minimum atomic E-state index is -0.202. The quantitative estimate of drug-likeness (QED) is 0.508. The number of rotatable bonds is 7. The number of amides is 2. The van der Waals surface area contributed by atoms with Gasteiger partial charge < -0.3 is 4.90 Å². The second-order valence-electron chi connectivity index (χ2n) is 8.95. The van der Waals surface area contributed by atoms with Crippen LogP contribution in [0.4, 0.5) is 0 Å². The van der Waals surface area contributed by atoms with E-state index in [2.05, 4.69) is 4.90 Å². The zero-order valence-corrected chi connectivity index (χ0v) is 19.4. The van der Waals surface area contributed by atoms with Crippen molar-refractivity contribution in [1.82, 2.24) is 24.1 Å². The third-order valence-electron chi connectivity index (χ3n) is 6.91. The average Bonchev–Trinajstić information content (AvgIpc) is 3.31. The summed E-state index contributed by atoms with van der Waals surface area (Å²) in [4.78, 5) is 41.8. The Bertz CT molecular complexity index is 1220. The maximum Gasteiger partial charge on any atom is 0.346 e. The van der Waals surface area contributed by atoms with Crippen molar-refractivity contribution >= 4 is 11.8 Å². The maximum atomic E-state index is 12.9. The number of aromatic nitrogens is 3. The molecule has 0 saturated carbocycles. The number of hydrogen-bond donors (Lipinski definition) is 0. The number of carbonyl (C=O) groups excluding carboxylic acids is 2. The van der Waals surface area contributed by atoms with Gasteiger partial charge in [-0.05, 0) is 50.6 Å². The van der Waals surface area contributed by atoms with Crippen molar-refractivity contribution in [1.29, 1.82) is 0 Å². The summed E-state index contributed by atoms with van der Waals surface area (Å²) in [6, 6.07) is 16.9. The van der Waals surface area contributed by atoms with Crippen LogP contribution in [0.15, 0.2) is 59.4 Å². The Hall–Kier alpha value is -3.52. The van der Waals surface area contributed by atoms with E-state index in [9.17, 15) is 14.4 Å². The number of likely N-dealkylation sites (tertiary alicyclic amines) is 1. The van der Waals surface area contributed by atoms with Gasteiger partial charge in [0, 0.05) is 25.6 Å². The summed E-state index contributed by atoms with van der Waals surface area (Å²) in [6.07, 6.45) is 1.79. The van der Waals surface area contributed by atoms with Crippen LogP contribution in [0.2, 0.25) is 0 Å². The van der Waals surface area contributed by atoms with E-state index in [4.69, 9.17) is 5.10 Å². The predicted molar refractivity (Wildman–Crippen MR) is 128 cm³/mol. The molecule has 176 valence electrons. The van der Waals surface area contributed by atoms with Gasteiger partial charge in [-0.3, -0.25) is 19.1 Å². The number of imide groups is 1. The first-order valence-electron chi connectivity index (χ1n) is 12.0. The molecule has 2 amide bonds. The summed E-state index contributed by atoms with van der Waals surface area (Å²) in [5, 5.41) is 4.73. The molecular formula is C26H29N5O3. The highest BCUT2D eigenvalue weighted by Crippen LogP contribution is 2.27. The van der Waals surface area contributed by atoms with Gasteiger partial charge >= 0.3 is 5.69 Å². The van der Waals surface area contributed by atoms with Crippen molar-refractivity contribution in [2.24, 2.45) is 0 Å². The van der Waals surface area contributed by atoms with Crippen molar-refractivity contribution in [2.45, 2.75) is 38.8 Å². The van der Waals surface area contributed by atoms with Crippen LogP contribution >= 0.6 is 0 Å². The van der Waals surface area contributed by atoms with Crippen LogP contribution in [0.3, 0.4) is 0 Å². The van der Waals surface area contributed by atoms with Crippen LogP contribution in [-0.2, 0) is 13.1 Å². The molecule has 2 aliphatic rings. The van der Waals surface area contributed by atoms with Crippen molar-refractivity contribution in [3.05, 3.63) is 87.6 Å². The maximum absolute atomic E-state index is 12.9. The summed E-state index contributed by atoms with van der Waals surface area (Å²) in [7, 11) is 0. The summed E-state index contributed by atoms with van der Waals surface area (Å²) >= 11 is 0. The van der Waals surface area contributed by atoms with Crippen LogP contribution in [-0.4, -0.2) is 62.1 Å². The molecule has 0 bridgehead atoms. The Morgan fingerprint density at radius 1 is 0.853 bits per heavy atom. The van der Waals surface area contributed by atoms with Crippen molar-refractivity contribution < 1.29 is 9.59 Å². The van der Waals surface area contributed by atoms with Gasteiger partial charge in [0.15, 0.2) is 0 Å². The second-order valence-corrected chi connectivity index (χ2v) is 8.95. The fourth-order valence-electron chi connectivity index (χ4n) is 5.01. The molecule has 0 radical (unpaired) electrons. The van der Waals surface area contributed by atoms with Crippen LogP contribution in [0.5, 0.6) is 0 Å². The first-order chi connectivity index (χ1) is 16.6. The molecule has 3 aromatic rings. The van der Waals surface area contributed by atoms with Gasteiger partial charge in [-0.25, -0.2) is 9.48 Å². The fraction of sp³-hybridized carbons (Fsp3) is 0.385. The molecule has 2 aromatic carbocycles. The number of benzene rings is 2. The summed E-state index contributed by atoms with van der Waals surface area (Å²) in [5.74, 6) is 0.682. The highest BCUT2D eigenvalue weighted by atomic mass is 16.2. The van der Waals surface area contributed by atoms with Crippen molar-refractivity contribution in [3.8, 4) is 0 Å². The number of piperidine rings is 1. The van der Waals surface area contributed by atoms with Gasteiger partial charge in [-0.15, -0.1) is 0 Å². The molecular weight excluding hydrogens is 430 g/mol. The Morgan fingerprint density at radius 3 is 2.09 bits per heavy atom. The lowest BCUT2D eigenvalue weighted by molar-refractivity contribution is 0.0629. The Morgan fingerprint density at radius 2 is 1.47 bits per heavy atom. The molecule has 1 saturated heterocycles. The molecule has 0 N–H and O–H groups in total. The molecule has 3 heterocycles. The van der Waals surface area contributed by atoms with Gasteiger partial charge in [-0.2, -0.15) is 5.10 Å². The SMILES string of the molecule is CCn1c(C2CCN(CCN3C(=O)c4ccccc4C3=O)CC2)nn(Cc2ccccc2)c1=O. The molecule has 2 aliphatic heterocycles. The minimum absolute atomic E-state index is 0.0607. The van der Waals surface area contributed by atoms with E-state index in [0.717, 1.165) is 37.3 Å². The monoisotopic (exact) mass is 459 g/mol. The van der Waals surface area contributed by atoms with Crippen LogP contribution in [0.25, 0.3) is 0 Å². The smallest absolute Gasteiger partial charge is 0.302 e. The number of fused-ring (bicyclic) bond motifs is 1. The summed E-state index contributed by atoms with van der Waals surface area (Å²) in [6.45, 7) is 5.79. The van der Waals surface area contributed by atoms with E-state index in [1.807, 2.05) is 37.3 Å². The highest BCUT2D eigenvalue weighted by Gasteiger charge is 2.35. The lowest BCUT2D eigenvalue weighted by Gasteiger charge is -2.32. The summed E-state index contributed by atoms with van der Waals surface area (Å²) < 4.78 is 3.37. The first kappa shape index (κ1) is 22.3. The molecule has 0 spiro atoms. The molecule has 8 heteroatoms. The van der Waals surface area contributed by atoms with Crippen molar-refractivity contribution in [2.75, 3.05) is 26.2 Å². The predicted octanol–water partition coefficient (Wildman–Crippen LogP) is 2.59. The molecule has 8 nitrogen and oxygen atoms in total. The van der Waals surface area contributed by atoms with E-state index in [0.29, 0.717) is 37.3 Å². The lowest BCUT2D eigenvalue weighted by atomic mass is 9.96. The standard InChI is InChI=1S/C26H29N5O3/c1-2-29-23(27-31(26(29)34)18-19-8-4-3-5-9-19)20-12-14-28(15-13-20)16-17-30-24(32)21-10-6-7-11-22(21)25(30)33/h3-11,20H,2,12-18H2,1H3. The van der Waals surface area contributed by atoms with Crippen LogP contribution in [0.1, 0.15) is 57.8 Å². The first-order valence-corrected chi connectivity index (χ1v) is 12.0. The lowest BCUT2D eigenvalue weighted by Crippen LogP contribution is -2.41. The van der Waals surface area contributed by atoms with E-state index >= 15 is 0 Å². The zero-order valence-electron chi connectivity index (χ0n) is 19.4. The molecule has 0 unspecified atom stereocenters. The van der Waals surface area contributed by atoms with Crippen LogP contribution < -0.4 is 5.69 Å². The molecule has 1 aromatic heterocycles. The van der Waals surface area contributed by atoms with Gasteiger partial charge in [0.2, 0.25) is 0 Å². The van der Waals surface area contributed by atoms with Gasteiger partial charge in [0.1, 0.15) is 5.82 Å². The third kappa shape index (κ3) is 4.09. The van der Waals surface area contributed by atoms with Gasteiger partial charge in [0.05, 0.1) is 17.7 Å². The fourth-order valence-corrected chi connectivity index (χ4v) is 5.01. The molecule has 5 rings (SSSR count). The van der Waals surface area contributed by atoms with Crippen molar-refractivity contribution in [3.63, 3.8) is 0 Å². The molecule has 0 atom stereocenters. The summed E-state index contributed by atoms with van der Waals surface area (Å²) in [5.41, 5.74) is 1.99. The van der Waals surface area contributed by atoms with E-state index in [1.54, 1.807) is 33.5 Å². The van der Waals surface area contributed by atoms with Gasteiger partial charge in [0.25, 0.3) is 11.8 Å². The Balaban J connectivity index is 1.20. The third-order valence-corrected chi connectivity index (χ3v) is 6.91. The molecule has 0 aliphatic carbocycles. The van der Waals surface area contributed by atoms with E-state index in [1.165, 1.54) is 4.90 Å².